The van der Waals surface area contributed by atoms with Crippen LogP contribution in [0.2, 0.25) is 0 Å². The van der Waals surface area contributed by atoms with Crippen molar-refractivity contribution in [2.75, 3.05) is 10.6 Å². The van der Waals surface area contributed by atoms with E-state index < -0.39 is 0 Å². The maximum atomic E-state index is 5.49. The zero-order chi connectivity index (χ0) is 19.4. The number of nitrogens with one attached hydrogen (secondary N) is 2. The van der Waals surface area contributed by atoms with Gasteiger partial charge in [0.2, 0.25) is 0 Å². The fraction of sp³-hybridized carbons (Fsp3) is 0.238. The van der Waals surface area contributed by atoms with Crippen molar-refractivity contribution in [3.8, 4) is 0 Å². The highest BCUT2D eigenvalue weighted by molar-refractivity contribution is 9.10. The van der Waals surface area contributed by atoms with E-state index in [1.54, 1.807) is 0 Å². The van der Waals surface area contributed by atoms with Gasteiger partial charge in [-0.2, -0.15) is 5.10 Å². The van der Waals surface area contributed by atoms with Crippen molar-refractivity contribution in [2.24, 2.45) is 0 Å². The van der Waals surface area contributed by atoms with Crippen molar-refractivity contribution in [3.63, 3.8) is 0 Å². The third-order valence-electron chi connectivity index (χ3n) is 4.46. The van der Waals surface area contributed by atoms with E-state index in [0.717, 1.165) is 39.2 Å². The molecule has 4 nitrogen and oxygen atoms in total. The Morgan fingerprint density at radius 1 is 1.11 bits per heavy atom. The summed E-state index contributed by atoms with van der Waals surface area (Å²) in [5.41, 5.74) is 6.53. The van der Waals surface area contributed by atoms with Gasteiger partial charge in [0.05, 0.1) is 22.4 Å². The van der Waals surface area contributed by atoms with Gasteiger partial charge in [-0.25, -0.2) is 0 Å². The van der Waals surface area contributed by atoms with Gasteiger partial charge in [-0.15, -0.1) is 0 Å². The Bertz CT molecular complexity index is 965. The van der Waals surface area contributed by atoms with Crippen molar-refractivity contribution in [2.45, 2.75) is 33.7 Å². The number of benzene rings is 2. The number of nitrogens with zero attached hydrogens (tertiary/aromatic N) is 2. The predicted octanol–water partition coefficient (Wildman–Crippen LogP) is 5.68. The first-order chi connectivity index (χ1) is 13.0. The number of halogens is 1. The van der Waals surface area contributed by atoms with Crippen molar-refractivity contribution in [1.29, 1.82) is 0 Å². The second-order valence-electron chi connectivity index (χ2n) is 6.43. The summed E-state index contributed by atoms with van der Waals surface area (Å²) >= 11 is 9.08. The molecule has 140 valence electrons. The van der Waals surface area contributed by atoms with E-state index in [1.165, 1.54) is 5.56 Å². The fourth-order valence-corrected chi connectivity index (χ4v) is 3.50. The molecule has 3 aromatic rings. The van der Waals surface area contributed by atoms with Gasteiger partial charge in [0.25, 0.3) is 0 Å². The molecule has 0 atom stereocenters. The monoisotopic (exact) mass is 442 g/mol. The fourth-order valence-electron chi connectivity index (χ4n) is 2.98. The SMILES string of the molecule is CCc1ccccc1NC(=S)Nc1cccc(Cn2nc(C)c(Br)c2C)c1. The third kappa shape index (κ3) is 4.76. The average molecular weight is 443 g/mol. The number of aromatic nitrogens is 2. The maximum absolute atomic E-state index is 5.49. The highest BCUT2D eigenvalue weighted by atomic mass is 79.9. The summed E-state index contributed by atoms with van der Waals surface area (Å²) < 4.78 is 3.07. The van der Waals surface area contributed by atoms with Crippen LogP contribution >= 0.6 is 28.1 Å². The van der Waals surface area contributed by atoms with Crippen LogP contribution in [0.3, 0.4) is 0 Å². The smallest absolute Gasteiger partial charge is 0.175 e. The van der Waals surface area contributed by atoms with Crippen LogP contribution in [0.5, 0.6) is 0 Å². The minimum atomic E-state index is 0.585. The average Bonchev–Trinajstić information content (AvgIpc) is 2.89. The molecule has 0 saturated carbocycles. The second-order valence-corrected chi connectivity index (χ2v) is 7.63. The molecule has 0 spiro atoms. The van der Waals surface area contributed by atoms with Gasteiger partial charge in [0.15, 0.2) is 5.11 Å². The van der Waals surface area contributed by atoms with E-state index in [0.29, 0.717) is 11.7 Å². The van der Waals surface area contributed by atoms with E-state index in [-0.39, 0.29) is 0 Å². The number of hydrogen-bond donors (Lipinski definition) is 2. The van der Waals surface area contributed by atoms with E-state index in [2.05, 4.69) is 63.7 Å². The number of para-hydroxylation sites is 1. The molecule has 0 unspecified atom stereocenters. The van der Waals surface area contributed by atoms with E-state index in [4.69, 9.17) is 12.2 Å². The normalized spacial score (nSPS) is 10.7. The lowest BCUT2D eigenvalue weighted by Gasteiger charge is -2.14. The van der Waals surface area contributed by atoms with Crippen LogP contribution in [-0.4, -0.2) is 14.9 Å². The molecule has 0 aliphatic rings. The molecule has 2 aromatic carbocycles. The molecule has 27 heavy (non-hydrogen) atoms. The quantitative estimate of drug-likeness (QED) is 0.498. The molecule has 1 aromatic heterocycles. The highest BCUT2D eigenvalue weighted by Crippen LogP contribution is 2.21. The number of anilines is 2. The molecular formula is C21H23BrN4S. The summed E-state index contributed by atoms with van der Waals surface area (Å²) in [6.07, 6.45) is 0.958. The van der Waals surface area contributed by atoms with Crippen molar-refractivity contribution >= 4 is 44.6 Å². The molecule has 6 heteroatoms. The van der Waals surface area contributed by atoms with Gasteiger partial charge in [0, 0.05) is 11.4 Å². The van der Waals surface area contributed by atoms with E-state index in [1.807, 2.05) is 41.9 Å². The van der Waals surface area contributed by atoms with Gasteiger partial charge in [-0.05, 0) is 77.7 Å². The van der Waals surface area contributed by atoms with E-state index >= 15 is 0 Å². The molecule has 1 heterocycles. The zero-order valence-electron chi connectivity index (χ0n) is 15.7. The highest BCUT2D eigenvalue weighted by Gasteiger charge is 2.09. The Kier molecular flexibility index (Phi) is 6.29. The number of hydrogen-bond acceptors (Lipinski definition) is 2. The molecule has 3 rings (SSSR count). The summed E-state index contributed by atoms with van der Waals surface area (Å²) in [5.74, 6) is 0. The summed E-state index contributed by atoms with van der Waals surface area (Å²) in [6, 6.07) is 16.4. The van der Waals surface area contributed by atoms with Gasteiger partial charge in [-0.1, -0.05) is 37.3 Å². The Hall–Kier alpha value is -2.18. The van der Waals surface area contributed by atoms with Gasteiger partial charge in [0.1, 0.15) is 0 Å². The molecule has 0 saturated heterocycles. The molecule has 0 aliphatic heterocycles. The molecular weight excluding hydrogens is 420 g/mol. The molecule has 0 aliphatic carbocycles. The van der Waals surface area contributed by atoms with Crippen LogP contribution in [0.4, 0.5) is 11.4 Å². The van der Waals surface area contributed by atoms with Crippen LogP contribution in [0.1, 0.15) is 29.4 Å². The topological polar surface area (TPSA) is 41.9 Å². The first kappa shape index (κ1) is 19.6. The van der Waals surface area contributed by atoms with Crippen LogP contribution in [-0.2, 0) is 13.0 Å². The van der Waals surface area contributed by atoms with Gasteiger partial charge < -0.3 is 10.6 Å². The third-order valence-corrected chi connectivity index (χ3v) is 5.81. The predicted molar refractivity (Wildman–Crippen MR) is 121 cm³/mol. The van der Waals surface area contributed by atoms with Crippen molar-refractivity contribution < 1.29 is 0 Å². The van der Waals surface area contributed by atoms with Gasteiger partial charge >= 0.3 is 0 Å². The lowest BCUT2D eigenvalue weighted by molar-refractivity contribution is 0.659. The Morgan fingerprint density at radius 3 is 2.59 bits per heavy atom. The van der Waals surface area contributed by atoms with Crippen LogP contribution in [0.25, 0.3) is 0 Å². The van der Waals surface area contributed by atoms with Crippen molar-refractivity contribution in [1.82, 2.24) is 9.78 Å². The Labute approximate surface area is 174 Å². The molecule has 2 N–H and O–H groups in total. The largest absolute Gasteiger partial charge is 0.332 e. The minimum Gasteiger partial charge on any atom is -0.332 e. The van der Waals surface area contributed by atoms with Crippen LogP contribution in [0, 0.1) is 13.8 Å². The first-order valence-corrected chi connectivity index (χ1v) is 10.1. The molecule has 0 amide bonds. The van der Waals surface area contributed by atoms with Crippen molar-refractivity contribution in [3.05, 3.63) is 75.5 Å². The number of rotatable bonds is 5. The molecule has 0 fully saturated rings. The van der Waals surface area contributed by atoms with Crippen LogP contribution in [0.15, 0.2) is 53.0 Å². The Morgan fingerprint density at radius 2 is 1.89 bits per heavy atom. The Balaban J connectivity index is 1.70. The lowest BCUT2D eigenvalue weighted by atomic mass is 10.1. The van der Waals surface area contributed by atoms with Gasteiger partial charge in [-0.3, -0.25) is 4.68 Å². The van der Waals surface area contributed by atoms with Crippen LogP contribution < -0.4 is 10.6 Å². The summed E-state index contributed by atoms with van der Waals surface area (Å²) in [6.45, 7) is 6.92. The molecule has 0 radical (unpaired) electrons. The number of aryl methyl sites for hydroxylation is 2. The second kappa shape index (κ2) is 8.67. The standard InChI is InChI=1S/C21H23BrN4S/c1-4-17-9-5-6-11-19(17)24-21(27)23-18-10-7-8-16(12-18)13-26-15(3)20(22)14(2)25-26/h5-12H,4,13H2,1-3H3,(H2,23,24,27). The van der Waals surface area contributed by atoms with E-state index in [9.17, 15) is 0 Å². The maximum Gasteiger partial charge on any atom is 0.175 e. The first-order valence-electron chi connectivity index (χ1n) is 8.92. The minimum absolute atomic E-state index is 0.585. The molecule has 0 bridgehead atoms. The summed E-state index contributed by atoms with van der Waals surface area (Å²) in [5, 5.41) is 11.7. The summed E-state index contributed by atoms with van der Waals surface area (Å²) in [4.78, 5) is 0. The number of thiocarbonyl (C=S) groups is 1. The summed E-state index contributed by atoms with van der Waals surface area (Å²) in [7, 11) is 0. The lowest BCUT2D eigenvalue weighted by Crippen LogP contribution is -2.20. The zero-order valence-corrected chi connectivity index (χ0v) is 18.1.